The minimum atomic E-state index is 0.220. The van der Waals surface area contributed by atoms with E-state index < -0.39 is 0 Å². The number of carbonyl (C=O) groups is 1. The van der Waals surface area contributed by atoms with E-state index in [0.29, 0.717) is 5.75 Å². The van der Waals surface area contributed by atoms with Gasteiger partial charge in [-0.25, -0.2) is 0 Å². The Kier molecular flexibility index (Phi) is 5.09. The van der Waals surface area contributed by atoms with E-state index in [2.05, 4.69) is 19.1 Å². The molecule has 0 radical (unpaired) electrons. The van der Waals surface area contributed by atoms with Gasteiger partial charge in [0.15, 0.2) is 0 Å². The number of hydrogen-bond donors (Lipinski definition) is 0. The van der Waals surface area contributed by atoms with E-state index in [4.69, 9.17) is 4.74 Å². The highest BCUT2D eigenvalue weighted by atomic mass is 32.2. The Labute approximate surface area is 117 Å². The predicted molar refractivity (Wildman–Crippen MR) is 77.1 cm³/mol. The van der Waals surface area contributed by atoms with Crippen molar-refractivity contribution >= 4 is 29.0 Å². The number of ether oxygens (including phenoxy) is 1. The molecular weight excluding hydrogens is 266 g/mol. The molecule has 0 N–H and O–H groups in total. The first-order chi connectivity index (χ1) is 8.72. The van der Waals surface area contributed by atoms with Gasteiger partial charge in [-0.05, 0) is 32.4 Å². The van der Waals surface area contributed by atoms with Gasteiger partial charge in [0, 0.05) is 29.5 Å². The predicted octanol–water partition coefficient (Wildman–Crippen LogP) is 3.06. The number of amides is 1. The van der Waals surface area contributed by atoms with Gasteiger partial charge in [-0.1, -0.05) is 0 Å². The molecule has 2 rings (SSSR count). The Bertz CT molecular complexity index is 405. The number of thioether (sulfide) groups is 1. The third-order valence-electron chi connectivity index (χ3n) is 2.86. The van der Waals surface area contributed by atoms with Crippen LogP contribution in [0.15, 0.2) is 12.1 Å². The van der Waals surface area contributed by atoms with Crippen LogP contribution in [0, 0.1) is 6.92 Å². The van der Waals surface area contributed by atoms with Crippen LogP contribution in [0.3, 0.4) is 0 Å². The fourth-order valence-electron chi connectivity index (χ4n) is 2.00. The number of aryl methyl sites for hydroxylation is 1. The lowest BCUT2D eigenvalue weighted by atomic mass is 10.3. The molecule has 18 heavy (non-hydrogen) atoms. The fourth-order valence-corrected chi connectivity index (χ4v) is 4.33. The first kappa shape index (κ1) is 13.9. The molecule has 100 valence electrons. The van der Waals surface area contributed by atoms with E-state index in [1.165, 1.54) is 9.75 Å². The van der Waals surface area contributed by atoms with Crippen molar-refractivity contribution < 1.29 is 9.53 Å². The molecule has 0 bridgehead atoms. The molecule has 1 fully saturated rings. The molecule has 0 aliphatic carbocycles. The van der Waals surface area contributed by atoms with Crippen LogP contribution in [0.1, 0.15) is 28.5 Å². The molecule has 2 heterocycles. The van der Waals surface area contributed by atoms with Crippen molar-refractivity contribution in [2.45, 2.75) is 25.6 Å². The number of thiophene rings is 1. The van der Waals surface area contributed by atoms with Crippen molar-refractivity contribution in [3.8, 4) is 0 Å². The van der Waals surface area contributed by atoms with E-state index in [0.717, 1.165) is 26.2 Å². The topological polar surface area (TPSA) is 29.5 Å². The highest BCUT2D eigenvalue weighted by Crippen LogP contribution is 2.41. The summed E-state index contributed by atoms with van der Waals surface area (Å²) in [6.07, 6.45) is 0.918. The van der Waals surface area contributed by atoms with Crippen molar-refractivity contribution in [3.05, 3.63) is 21.9 Å². The molecule has 1 unspecified atom stereocenters. The maximum absolute atomic E-state index is 11.9. The van der Waals surface area contributed by atoms with Crippen LogP contribution >= 0.6 is 23.1 Å². The summed E-state index contributed by atoms with van der Waals surface area (Å²) in [4.78, 5) is 16.5. The zero-order valence-corrected chi connectivity index (χ0v) is 12.5. The maximum atomic E-state index is 11.9. The molecule has 1 aliphatic rings. The van der Waals surface area contributed by atoms with E-state index in [9.17, 15) is 4.79 Å². The zero-order valence-electron chi connectivity index (χ0n) is 10.8. The Morgan fingerprint density at radius 1 is 1.50 bits per heavy atom. The standard InChI is InChI=1S/C13H19NO2S2/c1-3-16-8-4-7-14-12(15)9-17-13(14)11-6-5-10(2)18-11/h5-6,13H,3-4,7-9H2,1-2H3. The van der Waals surface area contributed by atoms with Crippen molar-refractivity contribution in [3.63, 3.8) is 0 Å². The largest absolute Gasteiger partial charge is 0.382 e. The van der Waals surface area contributed by atoms with Crippen LogP contribution in [0.4, 0.5) is 0 Å². The monoisotopic (exact) mass is 285 g/mol. The molecule has 1 saturated heterocycles. The summed E-state index contributed by atoms with van der Waals surface area (Å²) >= 11 is 3.52. The molecule has 1 amide bonds. The molecule has 1 atom stereocenters. The van der Waals surface area contributed by atoms with Crippen LogP contribution in [-0.4, -0.2) is 36.3 Å². The SMILES string of the molecule is CCOCCCN1C(=O)CSC1c1ccc(C)s1. The van der Waals surface area contributed by atoms with Crippen molar-refractivity contribution in [1.29, 1.82) is 0 Å². The maximum Gasteiger partial charge on any atom is 0.233 e. The van der Waals surface area contributed by atoms with Crippen molar-refractivity contribution in [2.24, 2.45) is 0 Å². The molecule has 5 heteroatoms. The average Bonchev–Trinajstić information content (AvgIpc) is 2.92. The quantitative estimate of drug-likeness (QED) is 0.752. The molecule has 1 aliphatic heterocycles. The van der Waals surface area contributed by atoms with Gasteiger partial charge in [-0.2, -0.15) is 0 Å². The molecule has 0 aromatic carbocycles. The van der Waals surface area contributed by atoms with Gasteiger partial charge in [0.25, 0.3) is 0 Å². The first-order valence-electron chi connectivity index (χ1n) is 6.27. The Morgan fingerprint density at radius 2 is 2.33 bits per heavy atom. The van der Waals surface area contributed by atoms with E-state index >= 15 is 0 Å². The van der Waals surface area contributed by atoms with Crippen LogP contribution in [0.5, 0.6) is 0 Å². The number of rotatable bonds is 6. The van der Waals surface area contributed by atoms with Gasteiger partial charge < -0.3 is 9.64 Å². The van der Waals surface area contributed by atoms with Crippen molar-refractivity contribution in [2.75, 3.05) is 25.5 Å². The third-order valence-corrected chi connectivity index (χ3v) is 5.30. The summed E-state index contributed by atoms with van der Waals surface area (Å²) in [6.45, 7) is 6.38. The van der Waals surface area contributed by atoms with Gasteiger partial charge in [0.1, 0.15) is 5.37 Å². The van der Waals surface area contributed by atoms with Gasteiger partial charge in [-0.3, -0.25) is 4.79 Å². The lowest BCUT2D eigenvalue weighted by Gasteiger charge is -2.22. The average molecular weight is 285 g/mol. The Hall–Kier alpha value is -0.520. The molecular formula is C13H19NO2S2. The second-order valence-electron chi connectivity index (χ2n) is 4.25. The minimum Gasteiger partial charge on any atom is -0.382 e. The highest BCUT2D eigenvalue weighted by Gasteiger charge is 2.32. The van der Waals surface area contributed by atoms with Crippen molar-refractivity contribution in [1.82, 2.24) is 4.90 Å². The van der Waals surface area contributed by atoms with Gasteiger partial charge >= 0.3 is 0 Å². The smallest absolute Gasteiger partial charge is 0.233 e. The van der Waals surface area contributed by atoms with E-state index in [1.807, 2.05) is 11.8 Å². The molecule has 0 saturated carbocycles. The fraction of sp³-hybridized carbons (Fsp3) is 0.615. The number of hydrogen-bond acceptors (Lipinski definition) is 4. The van der Waals surface area contributed by atoms with Crippen LogP contribution in [0.25, 0.3) is 0 Å². The van der Waals surface area contributed by atoms with E-state index in [1.54, 1.807) is 23.1 Å². The Morgan fingerprint density at radius 3 is 3.00 bits per heavy atom. The molecule has 1 aromatic rings. The van der Waals surface area contributed by atoms with E-state index in [-0.39, 0.29) is 11.3 Å². The normalized spacial score (nSPS) is 19.8. The summed E-state index contributed by atoms with van der Waals surface area (Å²) in [5.74, 6) is 0.864. The van der Waals surface area contributed by atoms with Gasteiger partial charge in [0.05, 0.1) is 5.75 Å². The third kappa shape index (κ3) is 3.28. The first-order valence-corrected chi connectivity index (χ1v) is 8.14. The van der Waals surface area contributed by atoms with Gasteiger partial charge in [-0.15, -0.1) is 23.1 Å². The van der Waals surface area contributed by atoms with Crippen LogP contribution in [0.2, 0.25) is 0 Å². The lowest BCUT2D eigenvalue weighted by Crippen LogP contribution is -2.29. The summed E-state index contributed by atoms with van der Waals surface area (Å²) in [5, 5.41) is 0.220. The summed E-state index contributed by atoms with van der Waals surface area (Å²) in [5.41, 5.74) is 0. The second-order valence-corrected chi connectivity index (χ2v) is 6.64. The lowest BCUT2D eigenvalue weighted by molar-refractivity contribution is -0.128. The molecule has 3 nitrogen and oxygen atoms in total. The highest BCUT2D eigenvalue weighted by molar-refractivity contribution is 8.00. The summed E-state index contributed by atoms with van der Waals surface area (Å²) < 4.78 is 5.33. The molecule has 0 spiro atoms. The zero-order chi connectivity index (χ0) is 13.0. The Balaban J connectivity index is 1.95. The summed E-state index contributed by atoms with van der Waals surface area (Å²) in [7, 11) is 0. The molecule has 1 aromatic heterocycles. The number of carbonyl (C=O) groups excluding carboxylic acids is 1. The second kappa shape index (κ2) is 6.59. The minimum absolute atomic E-state index is 0.220. The summed E-state index contributed by atoms with van der Waals surface area (Å²) in [6, 6.07) is 4.27. The van der Waals surface area contributed by atoms with Gasteiger partial charge in [0.2, 0.25) is 5.91 Å². The van der Waals surface area contributed by atoms with Crippen LogP contribution < -0.4 is 0 Å². The number of nitrogens with zero attached hydrogens (tertiary/aromatic N) is 1. The van der Waals surface area contributed by atoms with Crippen LogP contribution in [-0.2, 0) is 9.53 Å².